The highest BCUT2D eigenvalue weighted by Crippen LogP contribution is 2.32. The summed E-state index contributed by atoms with van der Waals surface area (Å²) in [6.45, 7) is 3.91. The fraction of sp³-hybridized carbons (Fsp3) is 0.200. The number of aromatic hydroxyl groups is 2. The zero-order chi connectivity index (χ0) is 15.6. The molecule has 0 radical (unpaired) electrons. The first-order chi connectivity index (χ1) is 9.88. The highest BCUT2D eigenvalue weighted by molar-refractivity contribution is 7.81. The van der Waals surface area contributed by atoms with Crippen LogP contribution in [0.15, 0.2) is 30.5 Å². The number of aromatic nitrogens is 1. The van der Waals surface area contributed by atoms with Crippen LogP contribution in [0.1, 0.15) is 30.9 Å². The van der Waals surface area contributed by atoms with Crippen LogP contribution in [0.25, 0.3) is 0 Å². The second-order valence-electron chi connectivity index (χ2n) is 5.01. The van der Waals surface area contributed by atoms with Gasteiger partial charge in [-0.25, -0.2) is 4.98 Å². The number of hydrogen-bond acceptors (Lipinski definition) is 5. The number of nitrogens with two attached hydrogens (primary N) is 1. The molecule has 0 unspecified atom stereocenters. The van der Waals surface area contributed by atoms with E-state index in [1.807, 2.05) is 13.8 Å². The molecule has 0 aliphatic rings. The Hall–Kier alpha value is -2.34. The Bertz CT molecular complexity index is 669. The van der Waals surface area contributed by atoms with Gasteiger partial charge in [0.15, 0.2) is 0 Å². The number of nitrogens with one attached hydrogen (secondary N) is 1. The molecule has 1 heterocycles. The predicted molar refractivity (Wildman–Crippen MR) is 87.8 cm³/mol. The molecule has 0 atom stereocenters. The Balaban J connectivity index is 2.30. The van der Waals surface area contributed by atoms with E-state index in [9.17, 15) is 10.2 Å². The monoisotopic (exact) mass is 303 g/mol. The average Bonchev–Trinajstić information content (AvgIpc) is 2.40. The Morgan fingerprint density at radius 1 is 1.24 bits per heavy atom. The fourth-order valence-electron chi connectivity index (χ4n) is 1.92. The number of phenols is 2. The lowest BCUT2D eigenvalue weighted by molar-refractivity contribution is 0.443. The molecule has 1 aromatic carbocycles. The highest BCUT2D eigenvalue weighted by atomic mass is 32.1. The summed E-state index contributed by atoms with van der Waals surface area (Å²) >= 11 is 5.30. The zero-order valence-corrected chi connectivity index (χ0v) is 12.6. The van der Waals surface area contributed by atoms with E-state index in [1.165, 1.54) is 6.07 Å². The summed E-state index contributed by atoms with van der Waals surface area (Å²) in [4.78, 5) is 4.31. The Morgan fingerprint density at radius 2 is 1.95 bits per heavy atom. The van der Waals surface area contributed by atoms with Gasteiger partial charge < -0.3 is 21.3 Å². The Morgan fingerprint density at radius 3 is 2.52 bits per heavy atom. The van der Waals surface area contributed by atoms with Crippen LogP contribution in [0.2, 0.25) is 0 Å². The van der Waals surface area contributed by atoms with E-state index in [0.717, 1.165) is 5.56 Å². The van der Waals surface area contributed by atoms with Crippen molar-refractivity contribution in [3.63, 3.8) is 0 Å². The molecule has 1 aromatic heterocycles. The number of pyridine rings is 1. The standard InChI is InChI=1S/C15H17N3O2S/c1-8(2)10-5-11(13(20)6-12(10)19)15(21)18-9-3-4-14(16)17-7-9/h3-8,19-20H,1-2H3,(H2,16,17)(H,18,21). The lowest BCUT2D eigenvalue weighted by Crippen LogP contribution is -2.11. The van der Waals surface area contributed by atoms with Crippen LogP contribution in [0.3, 0.4) is 0 Å². The van der Waals surface area contributed by atoms with Gasteiger partial charge in [-0.15, -0.1) is 0 Å². The molecule has 2 aromatic rings. The molecule has 110 valence electrons. The lowest BCUT2D eigenvalue weighted by Gasteiger charge is -2.14. The smallest absolute Gasteiger partial charge is 0.129 e. The molecule has 5 nitrogen and oxygen atoms in total. The van der Waals surface area contributed by atoms with Gasteiger partial charge in [0.25, 0.3) is 0 Å². The van der Waals surface area contributed by atoms with Crippen molar-refractivity contribution in [1.82, 2.24) is 4.98 Å². The SMILES string of the molecule is CC(C)c1cc(C(=S)Nc2ccc(N)nc2)c(O)cc1O. The van der Waals surface area contributed by atoms with Crippen LogP contribution >= 0.6 is 12.2 Å². The van der Waals surface area contributed by atoms with E-state index in [0.29, 0.717) is 22.1 Å². The number of rotatable bonds is 3. The molecule has 0 spiro atoms. The van der Waals surface area contributed by atoms with E-state index < -0.39 is 0 Å². The van der Waals surface area contributed by atoms with Crippen molar-refractivity contribution in [2.75, 3.05) is 11.1 Å². The second kappa shape index (κ2) is 5.97. The largest absolute Gasteiger partial charge is 0.508 e. The number of anilines is 2. The van der Waals surface area contributed by atoms with Crippen molar-refractivity contribution in [3.05, 3.63) is 41.6 Å². The Kier molecular flexibility index (Phi) is 4.28. The van der Waals surface area contributed by atoms with Crippen molar-refractivity contribution in [3.8, 4) is 11.5 Å². The quantitative estimate of drug-likeness (QED) is 0.652. The minimum atomic E-state index is -0.0715. The number of benzene rings is 1. The van der Waals surface area contributed by atoms with Crippen molar-refractivity contribution in [2.45, 2.75) is 19.8 Å². The van der Waals surface area contributed by atoms with Crippen LogP contribution in [0.4, 0.5) is 11.5 Å². The minimum Gasteiger partial charge on any atom is -0.508 e. The van der Waals surface area contributed by atoms with Crippen molar-refractivity contribution in [2.24, 2.45) is 0 Å². The molecular formula is C15H17N3O2S. The predicted octanol–water partition coefficient (Wildman–Crippen LogP) is 2.99. The van der Waals surface area contributed by atoms with Gasteiger partial charge in [-0.05, 0) is 29.7 Å². The highest BCUT2D eigenvalue weighted by Gasteiger charge is 2.14. The van der Waals surface area contributed by atoms with Crippen LogP contribution in [0, 0.1) is 0 Å². The van der Waals surface area contributed by atoms with Gasteiger partial charge in [0.2, 0.25) is 0 Å². The van der Waals surface area contributed by atoms with Gasteiger partial charge in [0.05, 0.1) is 17.4 Å². The number of thiocarbonyl (C=S) groups is 1. The average molecular weight is 303 g/mol. The third-order valence-electron chi connectivity index (χ3n) is 3.06. The number of phenolic OH excluding ortho intramolecular Hbond substituents is 2. The summed E-state index contributed by atoms with van der Waals surface area (Å²) in [6.07, 6.45) is 1.56. The molecule has 0 aliphatic carbocycles. The van der Waals surface area contributed by atoms with Gasteiger partial charge >= 0.3 is 0 Å². The summed E-state index contributed by atoms with van der Waals surface area (Å²) in [5.74, 6) is 0.521. The van der Waals surface area contributed by atoms with Crippen LogP contribution in [0.5, 0.6) is 11.5 Å². The van der Waals surface area contributed by atoms with E-state index in [2.05, 4.69) is 10.3 Å². The molecule has 0 aliphatic heterocycles. The maximum Gasteiger partial charge on any atom is 0.129 e. The molecule has 0 saturated heterocycles. The normalized spacial score (nSPS) is 10.6. The zero-order valence-electron chi connectivity index (χ0n) is 11.8. The third-order valence-corrected chi connectivity index (χ3v) is 3.38. The van der Waals surface area contributed by atoms with Gasteiger partial charge in [0, 0.05) is 6.07 Å². The third kappa shape index (κ3) is 3.41. The summed E-state index contributed by atoms with van der Waals surface area (Å²) in [5.41, 5.74) is 7.38. The molecule has 5 N–H and O–H groups in total. The molecule has 21 heavy (non-hydrogen) atoms. The molecule has 2 rings (SSSR count). The summed E-state index contributed by atoms with van der Waals surface area (Å²) in [7, 11) is 0. The van der Waals surface area contributed by atoms with Gasteiger partial charge in [-0.1, -0.05) is 26.1 Å². The molecule has 6 heteroatoms. The molecular weight excluding hydrogens is 286 g/mol. The minimum absolute atomic E-state index is 0.0585. The van der Waals surface area contributed by atoms with E-state index in [4.69, 9.17) is 18.0 Å². The molecule has 0 saturated carbocycles. The number of hydrogen-bond donors (Lipinski definition) is 4. The van der Waals surface area contributed by atoms with Crippen molar-refractivity contribution in [1.29, 1.82) is 0 Å². The maximum atomic E-state index is 9.97. The van der Waals surface area contributed by atoms with Gasteiger partial charge in [0.1, 0.15) is 22.3 Å². The number of nitrogens with zero attached hydrogens (tertiary/aromatic N) is 1. The van der Waals surface area contributed by atoms with Gasteiger partial charge in [-0.3, -0.25) is 0 Å². The molecule has 0 fully saturated rings. The first-order valence-corrected chi connectivity index (χ1v) is 6.88. The summed E-state index contributed by atoms with van der Waals surface area (Å²) in [5, 5.41) is 22.8. The van der Waals surface area contributed by atoms with Crippen molar-refractivity contribution < 1.29 is 10.2 Å². The van der Waals surface area contributed by atoms with Crippen molar-refractivity contribution >= 4 is 28.7 Å². The maximum absolute atomic E-state index is 9.97. The fourth-order valence-corrected chi connectivity index (χ4v) is 2.20. The molecule has 0 bridgehead atoms. The first-order valence-electron chi connectivity index (χ1n) is 6.47. The van der Waals surface area contributed by atoms with E-state index in [1.54, 1.807) is 24.4 Å². The van der Waals surface area contributed by atoms with Crippen LogP contribution in [-0.2, 0) is 0 Å². The summed E-state index contributed by atoms with van der Waals surface area (Å²) < 4.78 is 0. The van der Waals surface area contributed by atoms with E-state index >= 15 is 0 Å². The van der Waals surface area contributed by atoms with Crippen LogP contribution < -0.4 is 11.1 Å². The first kappa shape index (κ1) is 15.1. The Labute approximate surface area is 128 Å². The number of nitrogen functional groups attached to an aromatic ring is 1. The second-order valence-corrected chi connectivity index (χ2v) is 5.42. The van der Waals surface area contributed by atoms with Crippen LogP contribution in [-0.4, -0.2) is 20.2 Å². The summed E-state index contributed by atoms with van der Waals surface area (Å²) in [6, 6.07) is 6.39. The van der Waals surface area contributed by atoms with E-state index in [-0.39, 0.29) is 17.4 Å². The van der Waals surface area contributed by atoms with Gasteiger partial charge in [-0.2, -0.15) is 0 Å². The topological polar surface area (TPSA) is 91.4 Å². The molecule has 0 amide bonds. The lowest BCUT2D eigenvalue weighted by atomic mass is 9.99.